The van der Waals surface area contributed by atoms with Gasteiger partial charge in [-0.2, -0.15) is 22.5 Å². The zero-order chi connectivity index (χ0) is 13.7. The van der Waals surface area contributed by atoms with E-state index in [0.29, 0.717) is 6.54 Å². The fraction of sp³-hybridized carbons (Fsp3) is 0.800. The van der Waals surface area contributed by atoms with Crippen LogP contribution in [0.3, 0.4) is 0 Å². The molecule has 1 saturated heterocycles. The van der Waals surface area contributed by atoms with Crippen molar-refractivity contribution in [1.29, 1.82) is 0 Å². The summed E-state index contributed by atoms with van der Waals surface area (Å²) in [6, 6.07) is 0. The molecule has 1 aliphatic heterocycles. The van der Waals surface area contributed by atoms with E-state index in [4.69, 9.17) is 0 Å². The second-order valence-electron chi connectivity index (χ2n) is 4.29. The van der Waals surface area contributed by atoms with Gasteiger partial charge in [0.25, 0.3) is 0 Å². The minimum Gasteiger partial charge on any atom is -0.360 e. The molecule has 1 aromatic heterocycles. The van der Waals surface area contributed by atoms with Gasteiger partial charge in [0.1, 0.15) is 0 Å². The summed E-state index contributed by atoms with van der Waals surface area (Å²) in [6.07, 6.45) is -3.59. The predicted molar refractivity (Wildman–Crippen MR) is 67.3 cm³/mol. The first-order chi connectivity index (χ1) is 9.05. The van der Waals surface area contributed by atoms with Gasteiger partial charge in [0.05, 0.1) is 0 Å². The Labute approximate surface area is 113 Å². The third-order valence-electron chi connectivity index (χ3n) is 2.82. The zero-order valence-corrected chi connectivity index (χ0v) is 11.2. The molecule has 0 saturated carbocycles. The van der Waals surface area contributed by atoms with Gasteiger partial charge < -0.3 is 15.5 Å². The van der Waals surface area contributed by atoms with Crippen molar-refractivity contribution in [3.8, 4) is 0 Å². The van der Waals surface area contributed by atoms with Gasteiger partial charge in [-0.1, -0.05) is 0 Å². The van der Waals surface area contributed by atoms with Crippen LogP contribution in [0.5, 0.6) is 0 Å². The lowest BCUT2D eigenvalue weighted by atomic mass is 10.3. The molecule has 9 heteroatoms. The van der Waals surface area contributed by atoms with Gasteiger partial charge in [-0.05, 0) is 13.0 Å². The molecule has 0 spiro atoms. The fourth-order valence-electron chi connectivity index (χ4n) is 1.84. The Morgan fingerprint density at radius 3 is 2.68 bits per heavy atom. The summed E-state index contributed by atoms with van der Waals surface area (Å²) in [6.45, 7) is 5.60. The molecule has 1 aromatic rings. The maximum Gasteiger partial charge on any atom is 0.452 e. The lowest BCUT2D eigenvalue weighted by molar-refractivity contribution is -0.144. The van der Waals surface area contributed by atoms with Gasteiger partial charge >= 0.3 is 6.18 Å². The minimum absolute atomic E-state index is 0.229. The molecule has 0 aromatic carbocycles. The monoisotopic (exact) mass is 295 g/mol. The van der Waals surface area contributed by atoms with Gasteiger partial charge in [0.15, 0.2) is 0 Å². The van der Waals surface area contributed by atoms with Crippen molar-refractivity contribution < 1.29 is 13.2 Å². The summed E-state index contributed by atoms with van der Waals surface area (Å²) in [5.74, 6) is -1.07. The molecule has 0 unspecified atom stereocenters. The van der Waals surface area contributed by atoms with Crippen molar-refractivity contribution in [2.75, 3.05) is 44.6 Å². The third kappa shape index (κ3) is 4.59. The average molecular weight is 295 g/mol. The van der Waals surface area contributed by atoms with Crippen LogP contribution in [-0.2, 0) is 6.18 Å². The van der Waals surface area contributed by atoms with Crippen LogP contribution in [0.2, 0.25) is 0 Å². The quantitative estimate of drug-likeness (QED) is 0.801. The molecular formula is C10H16F3N5S. The number of rotatable bonds is 5. The first-order valence-electron chi connectivity index (χ1n) is 6.13. The van der Waals surface area contributed by atoms with E-state index >= 15 is 0 Å². The van der Waals surface area contributed by atoms with Crippen LogP contribution in [0.25, 0.3) is 0 Å². The Morgan fingerprint density at radius 1 is 1.32 bits per heavy atom. The molecule has 0 aliphatic carbocycles. The Hall–Kier alpha value is -0.930. The number of hydrogen-bond donors (Lipinski definition) is 2. The summed E-state index contributed by atoms with van der Waals surface area (Å²) in [5.41, 5.74) is 0. The molecule has 108 valence electrons. The standard InChI is InChI=1S/C10H16F3N5S/c11-10(12,13)8-16-9(19-17-8)15-2-1-5-18-6-3-14-4-7-18/h14H,1-7H2,(H,15,16,17). The van der Waals surface area contributed by atoms with E-state index in [1.807, 2.05) is 0 Å². The summed E-state index contributed by atoms with van der Waals surface area (Å²) in [5, 5.41) is 6.38. The summed E-state index contributed by atoms with van der Waals surface area (Å²) in [7, 11) is 0. The highest BCUT2D eigenvalue weighted by molar-refractivity contribution is 7.09. The molecule has 1 fully saturated rings. The zero-order valence-electron chi connectivity index (χ0n) is 10.3. The van der Waals surface area contributed by atoms with Crippen molar-refractivity contribution >= 4 is 16.7 Å². The largest absolute Gasteiger partial charge is 0.452 e. The summed E-state index contributed by atoms with van der Waals surface area (Å²) in [4.78, 5) is 5.75. The van der Waals surface area contributed by atoms with Gasteiger partial charge in [0, 0.05) is 44.3 Å². The van der Waals surface area contributed by atoms with Crippen LogP contribution in [0.1, 0.15) is 12.2 Å². The van der Waals surface area contributed by atoms with Gasteiger partial charge in [-0.3, -0.25) is 0 Å². The first kappa shape index (κ1) is 14.5. The Bertz CT molecular complexity index is 389. The molecule has 19 heavy (non-hydrogen) atoms. The summed E-state index contributed by atoms with van der Waals surface area (Å²) < 4.78 is 40.1. The average Bonchev–Trinajstić information content (AvgIpc) is 2.85. The molecule has 0 amide bonds. The maximum atomic E-state index is 12.3. The predicted octanol–water partition coefficient (Wildman–Crippen LogP) is 1.26. The number of nitrogens with zero attached hydrogens (tertiary/aromatic N) is 3. The second kappa shape index (κ2) is 6.49. The van der Waals surface area contributed by atoms with E-state index in [1.54, 1.807) is 0 Å². The van der Waals surface area contributed by atoms with Gasteiger partial charge in [-0.15, -0.1) is 0 Å². The number of halogens is 3. The van der Waals surface area contributed by atoms with Gasteiger partial charge in [0.2, 0.25) is 11.0 Å². The third-order valence-corrected chi connectivity index (χ3v) is 3.49. The van der Waals surface area contributed by atoms with Crippen molar-refractivity contribution in [3.63, 3.8) is 0 Å². The second-order valence-corrected chi connectivity index (χ2v) is 5.04. The van der Waals surface area contributed by atoms with Crippen molar-refractivity contribution in [1.82, 2.24) is 19.6 Å². The molecule has 0 radical (unpaired) electrons. The Kier molecular flexibility index (Phi) is 4.94. The van der Waals surface area contributed by atoms with E-state index in [2.05, 4.69) is 24.9 Å². The number of hydrogen-bond acceptors (Lipinski definition) is 6. The lowest BCUT2D eigenvalue weighted by Crippen LogP contribution is -2.44. The van der Waals surface area contributed by atoms with Gasteiger partial charge in [-0.25, -0.2) is 0 Å². The maximum absolute atomic E-state index is 12.3. The lowest BCUT2D eigenvalue weighted by Gasteiger charge is -2.26. The highest BCUT2D eigenvalue weighted by Gasteiger charge is 2.36. The number of anilines is 1. The van der Waals surface area contributed by atoms with E-state index in [0.717, 1.165) is 50.7 Å². The summed E-state index contributed by atoms with van der Waals surface area (Å²) >= 11 is 0.747. The normalized spacial score (nSPS) is 17.6. The fourth-order valence-corrected chi connectivity index (χ4v) is 2.45. The topological polar surface area (TPSA) is 53.1 Å². The molecule has 0 atom stereocenters. The SMILES string of the molecule is FC(F)(F)c1nsc(NCCCN2CCNCC2)n1. The van der Waals surface area contributed by atoms with Crippen LogP contribution in [0, 0.1) is 0 Å². The molecule has 0 bridgehead atoms. The number of alkyl halides is 3. The van der Waals surface area contributed by atoms with Crippen molar-refractivity contribution in [3.05, 3.63) is 5.82 Å². The smallest absolute Gasteiger partial charge is 0.360 e. The molecule has 2 heterocycles. The van der Waals surface area contributed by atoms with Crippen LogP contribution in [0.4, 0.5) is 18.3 Å². The van der Waals surface area contributed by atoms with E-state index in [9.17, 15) is 13.2 Å². The molecular weight excluding hydrogens is 279 g/mol. The molecule has 1 aliphatic rings. The molecule has 2 N–H and O–H groups in total. The van der Waals surface area contributed by atoms with Crippen LogP contribution in [-0.4, -0.2) is 53.5 Å². The Balaban J connectivity index is 1.66. The van der Waals surface area contributed by atoms with Crippen LogP contribution in [0.15, 0.2) is 0 Å². The van der Waals surface area contributed by atoms with Crippen LogP contribution >= 0.6 is 11.5 Å². The van der Waals surface area contributed by atoms with Crippen molar-refractivity contribution in [2.45, 2.75) is 12.6 Å². The van der Waals surface area contributed by atoms with E-state index < -0.39 is 12.0 Å². The highest BCUT2D eigenvalue weighted by atomic mass is 32.1. The Morgan fingerprint density at radius 2 is 2.05 bits per heavy atom. The number of aromatic nitrogens is 2. The first-order valence-corrected chi connectivity index (χ1v) is 6.91. The number of nitrogens with one attached hydrogen (secondary N) is 2. The molecule has 2 rings (SSSR count). The minimum atomic E-state index is -4.46. The van der Waals surface area contributed by atoms with E-state index in [1.165, 1.54) is 0 Å². The van der Waals surface area contributed by atoms with E-state index in [-0.39, 0.29) is 5.13 Å². The highest BCUT2D eigenvalue weighted by Crippen LogP contribution is 2.28. The number of piperazine rings is 1. The van der Waals surface area contributed by atoms with Crippen molar-refractivity contribution in [2.24, 2.45) is 0 Å². The van der Waals surface area contributed by atoms with Crippen LogP contribution < -0.4 is 10.6 Å². The molecule has 5 nitrogen and oxygen atoms in total.